The molecule has 6 nitrogen and oxygen atoms in total. The number of rotatable bonds is 5. The predicted octanol–water partition coefficient (Wildman–Crippen LogP) is 1.23. The molecule has 0 saturated carbocycles. The van der Waals surface area contributed by atoms with Gasteiger partial charge in [-0.05, 0) is 5.92 Å². The van der Waals surface area contributed by atoms with Gasteiger partial charge in [-0.2, -0.15) is 0 Å². The Balaban J connectivity index is 0. The van der Waals surface area contributed by atoms with E-state index in [0.717, 1.165) is 0 Å². The topological polar surface area (TPSA) is 89.9 Å². The zero-order valence-electron chi connectivity index (χ0n) is 10.7. The van der Waals surface area contributed by atoms with E-state index in [1.54, 1.807) is 0 Å². The van der Waals surface area contributed by atoms with Gasteiger partial charge in [0.05, 0.1) is 27.1 Å². The largest absolute Gasteiger partial charge is 0.481 e. The highest BCUT2D eigenvalue weighted by atomic mass is 16.5. The average molecular weight is 248 g/mol. The first-order valence-electron chi connectivity index (χ1n) is 5.18. The van der Waals surface area contributed by atoms with Gasteiger partial charge in [0.15, 0.2) is 0 Å². The number of carbonyl (C=O) groups is 3. The molecule has 17 heavy (non-hydrogen) atoms. The van der Waals surface area contributed by atoms with Gasteiger partial charge in [-0.15, -0.1) is 0 Å². The maximum Gasteiger partial charge on any atom is 0.306 e. The molecule has 0 amide bonds. The molecule has 0 bridgehead atoms. The van der Waals surface area contributed by atoms with Crippen molar-refractivity contribution in [3.8, 4) is 0 Å². The van der Waals surface area contributed by atoms with E-state index in [2.05, 4.69) is 9.47 Å². The van der Waals surface area contributed by atoms with Crippen molar-refractivity contribution in [3.05, 3.63) is 0 Å². The van der Waals surface area contributed by atoms with Crippen LogP contribution in [-0.2, 0) is 23.9 Å². The second kappa shape index (κ2) is 10.9. The summed E-state index contributed by atoms with van der Waals surface area (Å²) >= 11 is 0. The molecule has 0 spiro atoms. The van der Waals surface area contributed by atoms with Crippen LogP contribution in [0.1, 0.15) is 33.1 Å². The van der Waals surface area contributed by atoms with Crippen molar-refractivity contribution in [2.24, 2.45) is 5.92 Å². The fourth-order valence-electron chi connectivity index (χ4n) is 0.757. The summed E-state index contributed by atoms with van der Waals surface area (Å²) in [6.07, 6.45) is 0.451. The average Bonchev–Trinajstić information content (AvgIpc) is 2.24. The Morgan fingerprint density at radius 2 is 1.35 bits per heavy atom. The molecule has 0 unspecified atom stereocenters. The second-order valence-corrected chi connectivity index (χ2v) is 3.64. The number of esters is 2. The molecule has 0 aromatic carbocycles. The smallest absolute Gasteiger partial charge is 0.306 e. The summed E-state index contributed by atoms with van der Waals surface area (Å²) in [6, 6.07) is 0. The highest BCUT2D eigenvalue weighted by molar-refractivity contribution is 5.77. The van der Waals surface area contributed by atoms with Gasteiger partial charge in [0.1, 0.15) is 0 Å². The highest BCUT2D eigenvalue weighted by Gasteiger charge is 2.05. The summed E-state index contributed by atoms with van der Waals surface area (Å²) in [4.78, 5) is 30.6. The number of methoxy groups -OCH3 is 2. The van der Waals surface area contributed by atoms with Crippen molar-refractivity contribution in [2.75, 3.05) is 14.2 Å². The van der Waals surface area contributed by atoms with Crippen molar-refractivity contribution in [1.82, 2.24) is 0 Å². The Kier molecular flexibility index (Phi) is 11.4. The first-order chi connectivity index (χ1) is 7.83. The molecule has 0 aliphatic rings. The van der Waals surface area contributed by atoms with Crippen LogP contribution in [0.4, 0.5) is 0 Å². The quantitative estimate of drug-likeness (QED) is 0.736. The number of carbonyl (C=O) groups excluding carboxylic acids is 2. The van der Waals surface area contributed by atoms with Crippen LogP contribution in [0.15, 0.2) is 0 Å². The highest BCUT2D eigenvalue weighted by Crippen LogP contribution is 1.96. The van der Waals surface area contributed by atoms with Crippen LogP contribution < -0.4 is 0 Å². The summed E-state index contributed by atoms with van der Waals surface area (Å²) in [5.41, 5.74) is 0. The Morgan fingerprint density at radius 3 is 1.47 bits per heavy atom. The Labute approximate surface area is 101 Å². The fourth-order valence-corrected chi connectivity index (χ4v) is 0.757. The van der Waals surface area contributed by atoms with E-state index in [1.165, 1.54) is 14.2 Å². The molecule has 6 heteroatoms. The maximum atomic E-state index is 10.4. The number of aliphatic carboxylic acids is 1. The molecule has 1 N–H and O–H groups in total. The van der Waals surface area contributed by atoms with Crippen molar-refractivity contribution in [2.45, 2.75) is 33.1 Å². The van der Waals surface area contributed by atoms with Crippen LogP contribution in [0.3, 0.4) is 0 Å². The molecule has 0 radical (unpaired) electrons. The summed E-state index contributed by atoms with van der Waals surface area (Å²) in [6.45, 7) is 3.77. The van der Waals surface area contributed by atoms with Crippen LogP contribution in [0.5, 0.6) is 0 Å². The molecular weight excluding hydrogens is 228 g/mol. The van der Waals surface area contributed by atoms with Gasteiger partial charge in [0, 0.05) is 6.42 Å². The van der Waals surface area contributed by atoms with E-state index in [4.69, 9.17) is 5.11 Å². The lowest BCUT2D eigenvalue weighted by Crippen LogP contribution is -2.06. The molecule has 0 heterocycles. The SMILES string of the molecule is CC(C)CC(=O)O.COC(=O)CCC(=O)OC. The molecule has 0 atom stereocenters. The number of carboxylic acids is 1. The van der Waals surface area contributed by atoms with E-state index < -0.39 is 17.9 Å². The first-order valence-corrected chi connectivity index (χ1v) is 5.18. The Bertz CT molecular complexity index is 230. The normalized spacial score (nSPS) is 9.00. The van der Waals surface area contributed by atoms with Crippen molar-refractivity contribution < 1.29 is 29.0 Å². The Hall–Kier alpha value is -1.59. The van der Waals surface area contributed by atoms with Gasteiger partial charge in [-0.25, -0.2) is 0 Å². The molecule has 100 valence electrons. The third-order valence-corrected chi connectivity index (χ3v) is 1.57. The van der Waals surface area contributed by atoms with Crippen LogP contribution in [0.25, 0.3) is 0 Å². The molecule has 0 rings (SSSR count). The minimum Gasteiger partial charge on any atom is -0.481 e. The third-order valence-electron chi connectivity index (χ3n) is 1.57. The summed E-state index contributed by atoms with van der Waals surface area (Å²) in [5, 5.41) is 8.08. The van der Waals surface area contributed by atoms with Crippen molar-refractivity contribution in [1.29, 1.82) is 0 Å². The fraction of sp³-hybridized carbons (Fsp3) is 0.727. The monoisotopic (exact) mass is 248 g/mol. The molecule has 0 aliphatic carbocycles. The van der Waals surface area contributed by atoms with Gasteiger partial charge < -0.3 is 14.6 Å². The zero-order valence-corrected chi connectivity index (χ0v) is 10.7. The van der Waals surface area contributed by atoms with E-state index >= 15 is 0 Å². The van der Waals surface area contributed by atoms with E-state index in [1.807, 2.05) is 13.8 Å². The predicted molar refractivity (Wildman–Crippen MR) is 60.4 cm³/mol. The molecule has 0 saturated heterocycles. The molecule has 0 aromatic rings. The number of ether oxygens (including phenoxy) is 2. The van der Waals surface area contributed by atoms with Crippen LogP contribution >= 0.6 is 0 Å². The summed E-state index contributed by atoms with van der Waals surface area (Å²) < 4.78 is 8.60. The van der Waals surface area contributed by atoms with Crippen LogP contribution in [0.2, 0.25) is 0 Å². The minimum absolute atomic E-state index is 0.0865. The van der Waals surface area contributed by atoms with Crippen LogP contribution in [-0.4, -0.2) is 37.2 Å². The first kappa shape index (κ1) is 17.8. The lowest BCUT2D eigenvalue weighted by Gasteiger charge is -1.96. The van der Waals surface area contributed by atoms with Gasteiger partial charge in [0.25, 0.3) is 0 Å². The Morgan fingerprint density at radius 1 is 1.00 bits per heavy atom. The molecule has 0 aliphatic heterocycles. The minimum atomic E-state index is -0.713. The van der Waals surface area contributed by atoms with Crippen molar-refractivity contribution in [3.63, 3.8) is 0 Å². The van der Waals surface area contributed by atoms with Crippen LogP contribution in [0, 0.1) is 5.92 Å². The summed E-state index contributed by atoms with van der Waals surface area (Å²) in [7, 11) is 2.55. The van der Waals surface area contributed by atoms with Gasteiger partial charge in [-0.3, -0.25) is 14.4 Å². The molecular formula is C11H20O6. The van der Waals surface area contributed by atoms with E-state index in [-0.39, 0.29) is 25.2 Å². The molecule has 0 aromatic heterocycles. The van der Waals surface area contributed by atoms with Crippen molar-refractivity contribution >= 4 is 17.9 Å². The van der Waals surface area contributed by atoms with E-state index in [9.17, 15) is 14.4 Å². The second-order valence-electron chi connectivity index (χ2n) is 3.64. The third kappa shape index (κ3) is 17.0. The van der Waals surface area contributed by atoms with E-state index in [0.29, 0.717) is 0 Å². The standard InChI is InChI=1S/C6H10O4.C5H10O2/c1-9-5(7)3-4-6(8)10-2;1-4(2)3-5(6)7/h3-4H2,1-2H3;4H,3H2,1-2H3,(H,6,7). The van der Waals surface area contributed by atoms with Gasteiger partial charge >= 0.3 is 17.9 Å². The van der Waals surface area contributed by atoms with Gasteiger partial charge in [-0.1, -0.05) is 13.8 Å². The number of hydrogen-bond acceptors (Lipinski definition) is 5. The number of hydrogen-bond donors (Lipinski definition) is 1. The maximum absolute atomic E-state index is 10.4. The zero-order chi connectivity index (χ0) is 13.8. The lowest BCUT2D eigenvalue weighted by molar-refractivity contribution is -0.147. The molecule has 0 fully saturated rings. The number of carboxylic acid groups (broad SMARTS) is 1. The lowest BCUT2D eigenvalue weighted by atomic mass is 10.1. The van der Waals surface area contributed by atoms with Gasteiger partial charge in [0.2, 0.25) is 0 Å². The summed E-state index contributed by atoms with van der Waals surface area (Å²) in [5.74, 6) is -1.23.